The van der Waals surface area contributed by atoms with Gasteiger partial charge in [-0.25, -0.2) is 17.5 Å². The van der Waals surface area contributed by atoms with E-state index in [4.69, 9.17) is 0 Å². The van der Waals surface area contributed by atoms with Gasteiger partial charge in [0.1, 0.15) is 5.82 Å². The fourth-order valence-electron chi connectivity index (χ4n) is 2.58. The average Bonchev–Trinajstić information content (AvgIpc) is 2.93. The highest BCUT2D eigenvalue weighted by Crippen LogP contribution is 2.19. The van der Waals surface area contributed by atoms with Gasteiger partial charge < -0.3 is 10.0 Å². The molecule has 0 aliphatic carbocycles. The fraction of sp³-hybridized carbons (Fsp3) is 0.571. The zero-order valence-corrected chi connectivity index (χ0v) is 12.9. The highest BCUT2D eigenvalue weighted by Gasteiger charge is 2.24. The second-order valence-electron chi connectivity index (χ2n) is 5.31. The van der Waals surface area contributed by atoms with Gasteiger partial charge in [-0.05, 0) is 43.1 Å². The lowest BCUT2D eigenvalue weighted by Crippen LogP contribution is -2.31. The molecule has 118 valence electrons. The van der Waals surface area contributed by atoms with E-state index >= 15 is 0 Å². The molecule has 1 aromatic carbocycles. The summed E-state index contributed by atoms with van der Waals surface area (Å²) in [5, 5.41) is 9.20. The maximum absolute atomic E-state index is 13.3. The van der Waals surface area contributed by atoms with Crippen molar-refractivity contribution in [2.75, 3.05) is 26.2 Å². The Labute approximate surface area is 124 Å². The minimum absolute atomic E-state index is 0.185. The van der Waals surface area contributed by atoms with Crippen molar-refractivity contribution in [1.29, 1.82) is 0 Å². The number of likely N-dealkylation sites (tertiary alicyclic amines) is 1. The number of benzene rings is 1. The van der Waals surface area contributed by atoms with Crippen LogP contribution < -0.4 is 4.72 Å². The van der Waals surface area contributed by atoms with E-state index in [9.17, 15) is 17.9 Å². The number of hydrogen-bond donors (Lipinski definition) is 2. The summed E-state index contributed by atoms with van der Waals surface area (Å²) in [6.07, 6.45) is 0.951. The zero-order valence-electron chi connectivity index (χ0n) is 12.0. The number of halogens is 1. The number of nitrogens with one attached hydrogen (secondary N) is 1. The van der Waals surface area contributed by atoms with E-state index in [1.54, 1.807) is 0 Å². The number of aliphatic hydroxyl groups is 1. The van der Waals surface area contributed by atoms with Crippen LogP contribution >= 0.6 is 0 Å². The first-order valence-corrected chi connectivity index (χ1v) is 8.56. The molecule has 1 fully saturated rings. The van der Waals surface area contributed by atoms with Gasteiger partial charge in [-0.15, -0.1) is 0 Å². The van der Waals surface area contributed by atoms with Crippen molar-refractivity contribution < 1.29 is 17.9 Å². The Balaban J connectivity index is 2.07. The van der Waals surface area contributed by atoms with E-state index in [2.05, 4.69) is 16.5 Å². The Hall–Kier alpha value is -1.02. The molecule has 1 unspecified atom stereocenters. The van der Waals surface area contributed by atoms with Crippen LogP contribution in [0.1, 0.15) is 18.9 Å². The SMILES string of the molecule is CCN1CCC(CNS(=O)(=O)c2cc(F)ccc2CO)C1. The quantitative estimate of drug-likeness (QED) is 0.819. The third kappa shape index (κ3) is 4.00. The molecular formula is C14H21FN2O3S. The second-order valence-corrected chi connectivity index (χ2v) is 7.05. The van der Waals surface area contributed by atoms with Gasteiger partial charge in [0, 0.05) is 13.1 Å². The van der Waals surface area contributed by atoms with E-state index in [0.29, 0.717) is 6.54 Å². The monoisotopic (exact) mass is 316 g/mol. The van der Waals surface area contributed by atoms with Crippen molar-refractivity contribution in [2.45, 2.75) is 24.8 Å². The molecule has 0 radical (unpaired) electrons. The van der Waals surface area contributed by atoms with Gasteiger partial charge in [-0.1, -0.05) is 13.0 Å². The molecule has 0 bridgehead atoms. The second kappa shape index (κ2) is 6.83. The molecule has 1 aliphatic rings. The third-order valence-electron chi connectivity index (χ3n) is 3.87. The minimum atomic E-state index is -3.81. The largest absolute Gasteiger partial charge is 0.392 e. The summed E-state index contributed by atoms with van der Waals surface area (Å²) in [7, 11) is -3.81. The van der Waals surface area contributed by atoms with Crippen LogP contribution in [0.4, 0.5) is 4.39 Å². The number of hydrogen-bond acceptors (Lipinski definition) is 4. The van der Waals surface area contributed by atoms with Crippen LogP contribution in [0, 0.1) is 11.7 Å². The highest BCUT2D eigenvalue weighted by molar-refractivity contribution is 7.89. The third-order valence-corrected chi connectivity index (χ3v) is 5.37. The van der Waals surface area contributed by atoms with Crippen molar-refractivity contribution in [1.82, 2.24) is 9.62 Å². The highest BCUT2D eigenvalue weighted by atomic mass is 32.2. The Morgan fingerprint density at radius 3 is 2.86 bits per heavy atom. The summed E-state index contributed by atoms with van der Waals surface area (Å²) in [5.74, 6) is -0.364. The minimum Gasteiger partial charge on any atom is -0.392 e. The van der Waals surface area contributed by atoms with Crippen LogP contribution in [0.3, 0.4) is 0 Å². The first-order chi connectivity index (χ1) is 9.96. The molecule has 0 amide bonds. The van der Waals surface area contributed by atoms with Gasteiger partial charge in [-0.2, -0.15) is 0 Å². The van der Waals surface area contributed by atoms with Crippen LogP contribution in [-0.4, -0.2) is 44.6 Å². The van der Waals surface area contributed by atoms with Gasteiger partial charge in [0.2, 0.25) is 10.0 Å². The van der Waals surface area contributed by atoms with E-state index in [1.165, 1.54) is 6.07 Å². The van der Waals surface area contributed by atoms with Crippen molar-refractivity contribution in [3.63, 3.8) is 0 Å². The summed E-state index contributed by atoms with van der Waals surface area (Å²) in [6, 6.07) is 3.37. The molecular weight excluding hydrogens is 295 g/mol. The molecule has 0 aromatic heterocycles. The molecule has 5 nitrogen and oxygen atoms in total. The van der Waals surface area contributed by atoms with Crippen molar-refractivity contribution in [3.8, 4) is 0 Å². The summed E-state index contributed by atoms with van der Waals surface area (Å²) in [6.45, 7) is 4.78. The van der Waals surface area contributed by atoms with Crippen LogP contribution in [0.5, 0.6) is 0 Å². The average molecular weight is 316 g/mol. The normalized spacial score (nSPS) is 20.0. The summed E-state index contributed by atoms with van der Waals surface area (Å²) < 4.78 is 40.3. The van der Waals surface area contributed by atoms with E-state index in [-0.39, 0.29) is 16.4 Å². The molecule has 1 saturated heterocycles. The van der Waals surface area contributed by atoms with E-state index < -0.39 is 22.4 Å². The first-order valence-electron chi connectivity index (χ1n) is 7.07. The fourth-order valence-corrected chi connectivity index (χ4v) is 3.94. The molecule has 1 aliphatic heterocycles. The lowest BCUT2D eigenvalue weighted by molar-refractivity contribution is 0.278. The van der Waals surface area contributed by atoms with Gasteiger partial charge >= 0.3 is 0 Å². The Kier molecular flexibility index (Phi) is 5.32. The lowest BCUT2D eigenvalue weighted by atomic mass is 10.1. The number of sulfonamides is 1. The molecule has 1 heterocycles. The standard InChI is InChI=1S/C14H21FN2O3S/c1-2-17-6-5-11(9-17)8-16-21(19,20)14-7-13(15)4-3-12(14)10-18/h3-4,7,11,16,18H,2,5-6,8-10H2,1H3. The first kappa shape index (κ1) is 16.4. The Morgan fingerprint density at radius 2 is 2.24 bits per heavy atom. The number of nitrogens with zero attached hydrogens (tertiary/aromatic N) is 1. The van der Waals surface area contributed by atoms with E-state index in [1.807, 2.05) is 0 Å². The molecule has 2 rings (SSSR count). The molecule has 0 spiro atoms. The maximum atomic E-state index is 13.3. The predicted octanol–water partition coefficient (Wildman–Crippen LogP) is 0.938. The van der Waals surface area contributed by atoms with Crippen LogP contribution in [-0.2, 0) is 16.6 Å². The van der Waals surface area contributed by atoms with Crippen LogP contribution in [0.15, 0.2) is 23.1 Å². The Morgan fingerprint density at radius 1 is 1.48 bits per heavy atom. The zero-order chi connectivity index (χ0) is 15.5. The van der Waals surface area contributed by atoms with Gasteiger partial charge in [0.05, 0.1) is 11.5 Å². The lowest BCUT2D eigenvalue weighted by Gasteiger charge is -2.15. The number of aliphatic hydroxyl groups excluding tert-OH is 1. The van der Waals surface area contributed by atoms with Crippen LogP contribution in [0.2, 0.25) is 0 Å². The van der Waals surface area contributed by atoms with Crippen molar-refractivity contribution in [2.24, 2.45) is 5.92 Å². The number of rotatable bonds is 6. The van der Waals surface area contributed by atoms with Gasteiger partial charge in [0.25, 0.3) is 0 Å². The van der Waals surface area contributed by atoms with Crippen molar-refractivity contribution >= 4 is 10.0 Å². The molecule has 7 heteroatoms. The summed E-state index contributed by atoms with van der Waals surface area (Å²) in [4.78, 5) is 2.08. The van der Waals surface area contributed by atoms with Crippen molar-refractivity contribution in [3.05, 3.63) is 29.6 Å². The Bertz CT molecular complexity index is 592. The maximum Gasteiger partial charge on any atom is 0.241 e. The molecule has 21 heavy (non-hydrogen) atoms. The summed E-state index contributed by atoms with van der Waals surface area (Å²) >= 11 is 0. The molecule has 1 atom stereocenters. The topological polar surface area (TPSA) is 69.6 Å². The van der Waals surface area contributed by atoms with Gasteiger partial charge in [-0.3, -0.25) is 0 Å². The molecule has 2 N–H and O–H groups in total. The smallest absolute Gasteiger partial charge is 0.241 e. The molecule has 1 aromatic rings. The van der Waals surface area contributed by atoms with Crippen LogP contribution in [0.25, 0.3) is 0 Å². The summed E-state index contributed by atoms with van der Waals surface area (Å²) in [5.41, 5.74) is 0.200. The van der Waals surface area contributed by atoms with E-state index in [0.717, 1.165) is 38.2 Å². The van der Waals surface area contributed by atoms with Gasteiger partial charge in [0.15, 0.2) is 0 Å². The molecule has 0 saturated carbocycles. The predicted molar refractivity (Wildman–Crippen MR) is 77.7 cm³/mol.